The molecule has 5 amide bonds. The molecule has 2 aliphatic heterocycles. The van der Waals surface area contributed by atoms with Crippen LogP contribution in [-0.4, -0.2) is 33.8 Å². The van der Waals surface area contributed by atoms with Crippen molar-refractivity contribution >= 4 is 47.0 Å². The van der Waals surface area contributed by atoms with Gasteiger partial charge in [0.05, 0.1) is 22.6 Å². The van der Waals surface area contributed by atoms with E-state index in [0.29, 0.717) is 27.6 Å². The van der Waals surface area contributed by atoms with Crippen LogP contribution < -0.4 is 10.6 Å². The quantitative estimate of drug-likeness (QED) is 0.622. The minimum absolute atomic E-state index is 0.139. The number of nitrogens with zero attached hydrogens (tertiary/aromatic N) is 2. The largest absolute Gasteiger partial charge is 0.334 e. The summed E-state index contributed by atoms with van der Waals surface area (Å²) in [6.45, 7) is 2.21. The molecule has 0 aromatic heterocycles. The number of rotatable bonds is 5. The Morgan fingerprint density at radius 2 is 1.76 bits per heavy atom. The van der Waals surface area contributed by atoms with Crippen LogP contribution >= 0.6 is 23.2 Å². The SMILES string of the molecule is CC(NC(=O)NCc1ccc2c(c1)CN(N1C(=O)CCCC1=O)C2=O)c1ccc(Cl)c(Cl)c1. The van der Waals surface area contributed by atoms with Gasteiger partial charge in [-0.05, 0) is 48.2 Å². The molecule has 2 N–H and O–H groups in total. The van der Waals surface area contributed by atoms with Crippen LogP contribution in [0, 0.1) is 0 Å². The second-order valence-electron chi connectivity index (χ2n) is 8.03. The molecule has 0 aliphatic carbocycles. The first kappa shape index (κ1) is 23.1. The summed E-state index contributed by atoms with van der Waals surface area (Å²) < 4.78 is 0. The van der Waals surface area contributed by atoms with Crippen molar-refractivity contribution < 1.29 is 19.2 Å². The number of hydrogen-bond donors (Lipinski definition) is 2. The maximum absolute atomic E-state index is 12.7. The summed E-state index contributed by atoms with van der Waals surface area (Å²) in [5, 5.41) is 8.67. The first-order chi connectivity index (χ1) is 15.7. The summed E-state index contributed by atoms with van der Waals surface area (Å²) >= 11 is 12.0. The number of carbonyl (C=O) groups excluding carboxylic acids is 4. The number of urea groups is 1. The minimum Gasteiger partial charge on any atom is -0.334 e. The number of benzene rings is 2. The molecule has 2 aromatic carbocycles. The third kappa shape index (κ3) is 4.82. The van der Waals surface area contributed by atoms with Crippen molar-refractivity contribution in [2.45, 2.75) is 45.3 Å². The Kier molecular flexibility index (Phi) is 6.58. The third-order valence-corrected chi connectivity index (χ3v) is 6.43. The van der Waals surface area contributed by atoms with Crippen molar-refractivity contribution in [2.24, 2.45) is 0 Å². The van der Waals surface area contributed by atoms with Gasteiger partial charge in [-0.1, -0.05) is 41.4 Å². The van der Waals surface area contributed by atoms with E-state index in [1.165, 1.54) is 5.01 Å². The molecule has 8 nitrogen and oxygen atoms in total. The van der Waals surface area contributed by atoms with Gasteiger partial charge in [0.25, 0.3) is 5.91 Å². The average Bonchev–Trinajstić information content (AvgIpc) is 3.09. The second kappa shape index (κ2) is 9.41. The Labute approximate surface area is 200 Å². The Balaban J connectivity index is 1.37. The van der Waals surface area contributed by atoms with E-state index in [2.05, 4.69) is 10.6 Å². The second-order valence-corrected chi connectivity index (χ2v) is 8.84. The van der Waals surface area contributed by atoms with Crippen molar-refractivity contribution in [3.63, 3.8) is 0 Å². The molecule has 1 saturated heterocycles. The number of fused-ring (bicyclic) bond motifs is 1. The van der Waals surface area contributed by atoms with Crippen molar-refractivity contribution in [1.29, 1.82) is 0 Å². The topological polar surface area (TPSA) is 98.8 Å². The summed E-state index contributed by atoms with van der Waals surface area (Å²) in [5.74, 6) is -1.09. The molecule has 2 aliphatic rings. The fourth-order valence-corrected chi connectivity index (χ4v) is 4.24. The van der Waals surface area contributed by atoms with Crippen LogP contribution in [0.2, 0.25) is 10.0 Å². The van der Waals surface area contributed by atoms with E-state index in [1.54, 1.807) is 36.4 Å². The molecule has 0 bridgehead atoms. The van der Waals surface area contributed by atoms with Gasteiger partial charge < -0.3 is 10.6 Å². The molecule has 4 rings (SSSR count). The predicted octanol–water partition coefficient (Wildman–Crippen LogP) is 3.96. The van der Waals surface area contributed by atoms with Crippen molar-refractivity contribution in [1.82, 2.24) is 20.7 Å². The molecule has 1 fully saturated rings. The van der Waals surface area contributed by atoms with Gasteiger partial charge in [-0.2, -0.15) is 5.01 Å². The monoisotopic (exact) mass is 488 g/mol. The van der Waals surface area contributed by atoms with E-state index in [0.717, 1.165) is 16.1 Å². The molecule has 0 saturated carbocycles. The zero-order valence-electron chi connectivity index (χ0n) is 17.9. The average molecular weight is 489 g/mol. The van der Waals surface area contributed by atoms with Gasteiger partial charge >= 0.3 is 6.03 Å². The molecule has 2 aromatic rings. The van der Waals surface area contributed by atoms with Crippen LogP contribution in [0.4, 0.5) is 4.79 Å². The summed E-state index contributed by atoms with van der Waals surface area (Å²) in [6.07, 6.45) is 0.998. The molecule has 0 spiro atoms. The molecule has 1 atom stereocenters. The van der Waals surface area contributed by atoms with Crippen LogP contribution in [0.1, 0.15) is 59.3 Å². The lowest BCUT2D eigenvalue weighted by Gasteiger charge is -2.32. The molecule has 10 heteroatoms. The van der Waals surface area contributed by atoms with Gasteiger partial charge in [-0.15, -0.1) is 0 Å². The summed E-state index contributed by atoms with van der Waals surface area (Å²) in [7, 11) is 0. The molecular formula is C23H22Cl2N4O4. The normalized spacial score (nSPS) is 16.6. The van der Waals surface area contributed by atoms with Gasteiger partial charge in [0.1, 0.15) is 0 Å². The number of hydrogen-bond acceptors (Lipinski definition) is 4. The minimum atomic E-state index is -0.374. The number of nitrogens with one attached hydrogen (secondary N) is 2. The zero-order valence-corrected chi connectivity index (χ0v) is 19.4. The van der Waals surface area contributed by atoms with E-state index < -0.39 is 0 Å². The molecule has 1 unspecified atom stereocenters. The van der Waals surface area contributed by atoms with E-state index in [4.69, 9.17) is 23.2 Å². The van der Waals surface area contributed by atoms with Crippen molar-refractivity contribution in [3.05, 3.63) is 68.7 Å². The van der Waals surface area contributed by atoms with Gasteiger partial charge in [0.15, 0.2) is 0 Å². The fraction of sp³-hybridized carbons (Fsp3) is 0.304. The lowest BCUT2D eigenvalue weighted by molar-refractivity contribution is -0.163. The fourth-order valence-electron chi connectivity index (χ4n) is 3.94. The molecule has 33 heavy (non-hydrogen) atoms. The maximum atomic E-state index is 12.7. The van der Waals surface area contributed by atoms with E-state index in [1.807, 2.05) is 6.92 Å². The Morgan fingerprint density at radius 1 is 1.03 bits per heavy atom. The Morgan fingerprint density at radius 3 is 2.45 bits per heavy atom. The highest BCUT2D eigenvalue weighted by molar-refractivity contribution is 6.42. The summed E-state index contributed by atoms with van der Waals surface area (Å²) in [4.78, 5) is 49.5. The molecular weight excluding hydrogens is 467 g/mol. The van der Waals surface area contributed by atoms with Crippen LogP contribution in [0.3, 0.4) is 0 Å². The number of hydrazine groups is 1. The van der Waals surface area contributed by atoms with Crippen molar-refractivity contribution in [2.75, 3.05) is 0 Å². The highest BCUT2D eigenvalue weighted by Crippen LogP contribution is 2.28. The van der Waals surface area contributed by atoms with Crippen LogP contribution in [-0.2, 0) is 22.7 Å². The first-order valence-electron chi connectivity index (χ1n) is 10.5. The highest BCUT2D eigenvalue weighted by atomic mass is 35.5. The smallest absolute Gasteiger partial charge is 0.315 e. The Hall–Kier alpha value is -3.10. The lowest BCUT2D eigenvalue weighted by atomic mass is 10.1. The number of imide groups is 1. The van der Waals surface area contributed by atoms with Gasteiger partial charge in [0, 0.05) is 24.9 Å². The number of halogens is 2. The van der Waals surface area contributed by atoms with Gasteiger partial charge in [-0.3, -0.25) is 14.4 Å². The predicted molar refractivity (Wildman–Crippen MR) is 122 cm³/mol. The summed E-state index contributed by atoms with van der Waals surface area (Å²) in [6, 6.07) is 9.72. The zero-order chi connectivity index (χ0) is 23.7. The van der Waals surface area contributed by atoms with Gasteiger partial charge in [-0.25, -0.2) is 9.80 Å². The number of piperidine rings is 1. The highest BCUT2D eigenvalue weighted by Gasteiger charge is 2.39. The van der Waals surface area contributed by atoms with Crippen LogP contribution in [0.25, 0.3) is 0 Å². The summed E-state index contributed by atoms with van der Waals surface area (Å²) in [5.41, 5.74) is 2.76. The van der Waals surface area contributed by atoms with Crippen LogP contribution in [0.5, 0.6) is 0 Å². The molecule has 172 valence electrons. The van der Waals surface area contributed by atoms with E-state index in [-0.39, 0.29) is 55.7 Å². The number of carbonyl (C=O) groups is 4. The standard InChI is InChI=1S/C23H22Cl2N4O4/c1-13(15-6-8-18(24)19(25)10-15)27-23(33)26-11-14-5-7-17-16(9-14)12-28(22(17)32)29-20(30)3-2-4-21(29)31/h5-10,13H,2-4,11-12H2,1H3,(H2,26,27,33). The van der Waals surface area contributed by atoms with Gasteiger partial charge in [0.2, 0.25) is 11.8 Å². The number of amides is 5. The van der Waals surface area contributed by atoms with E-state index in [9.17, 15) is 19.2 Å². The van der Waals surface area contributed by atoms with E-state index >= 15 is 0 Å². The Bertz CT molecular complexity index is 1140. The van der Waals surface area contributed by atoms with Crippen molar-refractivity contribution in [3.8, 4) is 0 Å². The first-order valence-corrected chi connectivity index (χ1v) is 11.3. The molecule has 2 heterocycles. The lowest BCUT2D eigenvalue weighted by Crippen LogP contribution is -2.51. The third-order valence-electron chi connectivity index (χ3n) is 5.69. The molecule has 0 radical (unpaired) electrons. The van der Waals surface area contributed by atoms with Crippen LogP contribution in [0.15, 0.2) is 36.4 Å². The maximum Gasteiger partial charge on any atom is 0.315 e.